The van der Waals surface area contributed by atoms with Crippen molar-refractivity contribution in [1.29, 1.82) is 0 Å². The van der Waals surface area contributed by atoms with Crippen molar-refractivity contribution in [2.24, 2.45) is 0 Å². The van der Waals surface area contributed by atoms with Gasteiger partial charge in [0.25, 0.3) is 0 Å². The summed E-state index contributed by atoms with van der Waals surface area (Å²) in [6.07, 6.45) is 0. The van der Waals surface area contributed by atoms with Gasteiger partial charge in [-0.25, -0.2) is 0 Å². The van der Waals surface area contributed by atoms with E-state index in [1.807, 2.05) is 0 Å². The Morgan fingerprint density at radius 2 is 1.04 bits per heavy atom. The molecule has 0 bridgehead atoms. The van der Waals surface area contributed by atoms with Gasteiger partial charge in [-0.05, 0) is 82.1 Å². The molecule has 0 fully saturated rings. The van der Waals surface area contributed by atoms with Crippen LogP contribution in [0.3, 0.4) is 0 Å². The number of rotatable bonds is 6. The lowest BCUT2D eigenvalue weighted by Crippen LogP contribution is -2.11. The molecule has 226 valence electrons. The molecule has 8 aromatic carbocycles. The van der Waals surface area contributed by atoms with Crippen LogP contribution in [0.25, 0.3) is 60.5 Å². The monoisotopic (exact) mass is 612 g/mol. The molecular formula is C46H32N2. The molecule has 48 heavy (non-hydrogen) atoms. The van der Waals surface area contributed by atoms with E-state index in [0.29, 0.717) is 0 Å². The third-order valence-corrected chi connectivity index (χ3v) is 9.35. The Balaban J connectivity index is 1.29. The van der Waals surface area contributed by atoms with Gasteiger partial charge in [-0.1, -0.05) is 140 Å². The van der Waals surface area contributed by atoms with E-state index in [1.165, 1.54) is 54.8 Å². The van der Waals surface area contributed by atoms with E-state index in [4.69, 9.17) is 0 Å². The van der Waals surface area contributed by atoms with Crippen LogP contribution in [-0.2, 0) is 0 Å². The van der Waals surface area contributed by atoms with Crippen LogP contribution < -0.4 is 4.90 Å². The van der Waals surface area contributed by atoms with Gasteiger partial charge in [-0.3, -0.25) is 0 Å². The van der Waals surface area contributed by atoms with Crippen molar-refractivity contribution in [1.82, 2.24) is 4.57 Å². The normalized spacial score (nSPS) is 11.3. The number of anilines is 3. The van der Waals surface area contributed by atoms with Crippen LogP contribution in [0.5, 0.6) is 0 Å². The first kappa shape index (κ1) is 27.9. The number of hydrogen-bond donors (Lipinski definition) is 0. The molecule has 0 aliphatic rings. The minimum atomic E-state index is 1.12. The molecule has 0 spiro atoms. The number of fused-ring (bicyclic) bond motifs is 4. The summed E-state index contributed by atoms with van der Waals surface area (Å²) in [6, 6.07) is 69.9. The fourth-order valence-corrected chi connectivity index (χ4v) is 7.18. The molecule has 0 atom stereocenters. The second-order valence-electron chi connectivity index (χ2n) is 12.2. The molecular weight excluding hydrogens is 581 g/mol. The van der Waals surface area contributed by atoms with Crippen LogP contribution in [0.2, 0.25) is 0 Å². The van der Waals surface area contributed by atoms with Crippen LogP contribution in [0, 0.1) is 0 Å². The van der Waals surface area contributed by atoms with Crippen LogP contribution in [0.4, 0.5) is 17.1 Å². The Bertz CT molecular complexity index is 2550. The van der Waals surface area contributed by atoms with E-state index in [9.17, 15) is 0 Å². The minimum Gasteiger partial charge on any atom is -0.310 e. The molecule has 9 rings (SSSR count). The summed E-state index contributed by atoms with van der Waals surface area (Å²) in [5, 5.41) is 4.96. The number of nitrogens with zero attached hydrogens (tertiary/aromatic N) is 2. The molecule has 0 saturated heterocycles. The Morgan fingerprint density at radius 3 is 1.85 bits per heavy atom. The van der Waals surface area contributed by atoms with Crippen LogP contribution in [0.15, 0.2) is 194 Å². The molecule has 0 saturated carbocycles. The molecule has 0 amide bonds. The van der Waals surface area contributed by atoms with Crippen molar-refractivity contribution in [2.45, 2.75) is 0 Å². The topological polar surface area (TPSA) is 8.17 Å². The van der Waals surface area contributed by atoms with E-state index in [2.05, 4.69) is 204 Å². The first-order valence-electron chi connectivity index (χ1n) is 16.4. The number of benzene rings is 8. The summed E-state index contributed by atoms with van der Waals surface area (Å²) < 4.78 is 2.42. The fraction of sp³-hybridized carbons (Fsp3) is 0. The van der Waals surface area contributed by atoms with Gasteiger partial charge in [-0.2, -0.15) is 0 Å². The smallest absolute Gasteiger partial charge is 0.0547 e. The van der Waals surface area contributed by atoms with E-state index in [-0.39, 0.29) is 0 Å². The number of aromatic nitrogens is 1. The Morgan fingerprint density at radius 1 is 0.375 bits per heavy atom. The molecule has 0 aliphatic heterocycles. The van der Waals surface area contributed by atoms with Gasteiger partial charge in [-0.15, -0.1) is 0 Å². The molecule has 0 radical (unpaired) electrons. The lowest BCUT2D eigenvalue weighted by molar-refractivity contribution is 1.18. The fourth-order valence-electron chi connectivity index (χ4n) is 7.18. The molecule has 0 N–H and O–H groups in total. The summed E-state index contributed by atoms with van der Waals surface area (Å²) >= 11 is 0. The summed E-state index contributed by atoms with van der Waals surface area (Å²) in [6.45, 7) is 0. The molecule has 2 heteroatoms. The maximum Gasteiger partial charge on any atom is 0.0547 e. The zero-order valence-corrected chi connectivity index (χ0v) is 26.4. The number of para-hydroxylation sites is 3. The third kappa shape index (κ3) is 4.74. The van der Waals surface area contributed by atoms with E-state index in [1.54, 1.807) is 0 Å². The Hall–Kier alpha value is -6.38. The lowest BCUT2D eigenvalue weighted by Gasteiger charge is -2.28. The highest BCUT2D eigenvalue weighted by molar-refractivity contribution is 6.16. The van der Waals surface area contributed by atoms with Gasteiger partial charge in [0.2, 0.25) is 0 Å². The van der Waals surface area contributed by atoms with Crippen molar-refractivity contribution in [2.75, 3.05) is 4.90 Å². The maximum absolute atomic E-state index is 2.42. The van der Waals surface area contributed by atoms with Crippen LogP contribution in [-0.4, -0.2) is 4.57 Å². The standard InChI is InChI=1S/C46H32N2/c1-4-16-34(17-5-1)41-24-14-26-44-46(41)42-30-28-36(32-45(42)48(44)38-21-8-3-9-22-38)40-23-12-13-25-43(40)47(37-19-6-2-7-20-37)39-29-27-33-15-10-11-18-35(33)31-39/h1-32H. The van der Waals surface area contributed by atoms with Crippen molar-refractivity contribution in [3.05, 3.63) is 194 Å². The van der Waals surface area contributed by atoms with Crippen molar-refractivity contribution in [3.8, 4) is 27.9 Å². The van der Waals surface area contributed by atoms with Crippen molar-refractivity contribution >= 4 is 49.6 Å². The number of hydrogen-bond acceptors (Lipinski definition) is 1. The zero-order valence-electron chi connectivity index (χ0n) is 26.4. The highest BCUT2D eigenvalue weighted by Gasteiger charge is 2.20. The van der Waals surface area contributed by atoms with E-state index < -0.39 is 0 Å². The quantitative estimate of drug-likeness (QED) is 0.181. The zero-order chi connectivity index (χ0) is 31.9. The second-order valence-corrected chi connectivity index (χ2v) is 12.2. The minimum absolute atomic E-state index is 1.12. The average molecular weight is 613 g/mol. The summed E-state index contributed by atoms with van der Waals surface area (Å²) in [5.74, 6) is 0. The van der Waals surface area contributed by atoms with Gasteiger partial charge in [0, 0.05) is 33.4 Å². The molecule has 2 nitrogen and oxygen atoms in total. The van der Waals surface area contributed by atoms with Gasteiger partial charge in [0.05, 0.1) is 16.7 Å². The molecule has 1 aromatic heterocycles. The first-order chi connectivity index (χ1) is 23.8. The van der Waals surface area contributed by atoms with Crippen LogP contribution >= 0.6 is 0 Å². The van der Waals surface area contributed by atoms with Gasteiger partial charge in [0.15, 0.2) is 0 Å². The Labute approximate surface area is 280 Å². The first-order valence-corrected chi connectivity index (χ1v) is 16.4. The molecule has 9 aromatic rings. The third-order valence-electron chi connectivity index (χ3n) is 9.35. The van der Waals surface area contributed by atoms with Gasteiger partial charge < -0.3 is 9.47 Å². The van der Waals surface area contributed by atoms with Gasteiger partial charge >= 0.3 is 0 Å². The van der Waals surface area contributed by atoms with Gasteiger partial charge in [0.1, 0.15) is 0 Å². The SMILES string of the molecule is c1ccc(-c2cccc3c2c2ccc(-c4ccccc4N(c4ccccc4)c4ccc5ccccc5c4)cc2n3-c2ccccc2)cc1. The van der Waals surface area contributed by atoms with Crippen molar-refractivity contribution in [3.63, 3.8) is 0 Å². The maximum atomic E-state index is 2.42. The predicted octanol–water partition coefficient (Wildman–Crippen LogP) is 12.7. The second kappa shape index (κ2) is 11.8. The highest BCUT2D eigenvalue weighted by Crippen LogP contribution is 2.44. The summed E-state index contributed by atoms with van der Waals surface area (Å²) in [4.78, 5) is 2.38. The molecule has 1 heterocycles. The van der Waals surface area contributed by atoms with Crippen molar-refractivity contribution < 1.29 is 0 Å². The molecule has 0 aliphatic carbocycles. The van der Waals surface area contributed by atoms with Crippen LogP contribution in [0.1, 0.15) is 0 Å². The van der Waals surface area contributed by atoms with E-state index in [0.717, 1.165) is 22.7 Å². The lowest BCUT2D eigenvalue weighted by atomic mass is 9.97. The van der Waals surface area contributed by atoms with E-state index >= 15 is 0 Å². The summed E-state index contributed by atoms with van der Waals surface area (Å²) in [5.41, 5.74) is 11.7. The largest absolute Gasteiger partial charge is 0.310 e. The average Bonchev–Trinajstić information content (AvgIpc) is 3.50. The predicted molar refractivity (Wildman–Crippen MR) is 204 cm³/mol. The molecule has 0 unspecified atom stereocenters. The Kier molecular flexibility index (Phi) is 6.84. The summed E-state index contributed by atoms with van der Waals surface area (Å²) in [7, 11) is 0. The highest BCUT2D eigenvalue weighted by atomic mass is 15.1.